The Kier molecular flexibility index (Phi) is 4.69. The molecule has 88 valence electrons. The molecule has 1 saturated heterocycles. The number of hydrogen-bond donors (Lipinski definition) is 2. The lowest BCUT2D eigenvalue weighted by Gasteiger charge is -2.38. The van der Waals surface area contributed by atoms with Crippen LogP contribution >= 0.6 is 0 Å². The molecule has 0 aliphatic carbocycles. The van der Waals surface area contributed by atoms with E-state index in [-0.39, 0.29) is 18.1 Å². The summed E-state index contributed by atoms with van der Waals surface area (Å²) in [6.07, 6.45) is 1.61. The highest BCUT2D eigenvalue weighted by Gasteiger charge is 2.32. The Hall–Kier alpha value is -0.460. The number of carbonyl (C=O) groups is 1. The standard InChI is InChI=1S/C9H18N2O3S/c1-9(6-10-7-9)14-5-8(12)11-3-4-15(2)13/h10H,3-7H2,1-2H3,(H,11,12). The third-order valence-corrected chi connectivity index (χ3v) is 3.04. The molecular weight excluding hydrogens is 216 g/mol. The van der Waals surface area contributed by atoms with E-state index in [1.54, 1.807) is 6.26 Å². The van der Waals surface area contributed by atoms with Gasteiger partial charge in [0.25, 0.3) is 0 Å². The van der Waals surface area contributed by atoms with E-state index in [0.717, 1.165) is 13.1 Å². The lowest BCUT2D eigenvalue weighted by molar-refractivity contribution is -0.135. The van der Waals surface area contributed by atoms with Gasteiger partial charge in [-0.3, -0.25) is 9.00 Å². The molecule has 0 saturated carbocycles. The van der Waals surface area contributed by atoms with Crippen molar-refractivity contribution in [1.29, 1.82) is 0 Å². The van der Waals surface area contributed by atoms with E-state index in [1.807, 2.05) is 6.92 Å². The highest BCUT2D eigenvalue weighted by atomic mass is 32.2. The Bertz CT molecular complexity index is 254. The molecule has 0 aromatic heterocycles. The molecule has 5 nitrogen and oxygen atoms in total. The first-order valence-corrected chi connectivity index (χ1v) is 6.66. The van der Waals surface area contributed by atoms with E-state index < -0.39 is 10.8 Å². The van der Waals surface area contributed by atoms with Crippen LogP contribution in [-0.4, -0.2) is 54.0 Å². The van der Waals surface area contributed by atoms with E-state index in [4.69, 9.17) is 4.74 Å². The molecule has 1 unspecified atom stereocenters. The molecule has 15 heavy (non-hydrogen) atoms. The normalized spacial score (nSPS) is 20.4. The van der Waals surface area contributed by atoms with Crippen molar-refractivity contribution in [3.8, 4) is 0 Å². The molecule has 6 heteroatoms. The number of nitrogens with one attached hydrogen (secondary N) is 2. The van der Waals surface area contributed by atoms with Crippen LogP contribution in [-0.2, 0) is 20.3 Å². The van der Waals surface area contributed by atoms with E-state index in [2.05, 4.69) is 10.6 Å². The fourth-order valence-corrected chi connectivity index (χ4v) is 1.59. The van der Waals surface area contributed by atoms with Crippen LogP contribution in [0.15, 0.2) is 0 Å². The van der Waals surface area contributed by atoms with E-state index in [9.17, 15) is 9.00 Å². The highest BCUT2D eigenvalue weighted by molar-refractivity contribution is 7.84. The van der Waals surface area contributed by atoms with Crippen molar-refractivity contribution in [3.05, 3.63) is 0 Å². The van der Waals surface area contributed by atoms with Crippen molar-refractivity contribution in [2.24, 2.45) is 0 Å². The molecule has 1 amide bonds. The van der Waals surface area contributed by atoms with Crippen LogP contribution in [0.2, 0.25) is 0 Å². The summed E-state index contributed by atoms with van der Waals surface area (Å²) in [5.41, 5.74) is -0.190. The van der Waals surface area contributed by atoms with Gasteiger partial charge < -0.3 is 15.4 Å². The molecule has 1 fully saturated rings. The van der Waals surface area contributed by atoms with E-state index in [1.165, 1.54) is 0 Å². The Morgan fingerprint density at radius 2 is 2.27 bits per heavy atom. The fraction of sp³-hybridized carbons (Fsp3) is 0.889. The summed E-state index contributed by atoms with van der Waals surface area (Å²) in [6, 6.07) is 0. The van der Waals surface area contributed by atoms with Gasteiger partial charge in [0, 0.05) is 42.4 Å². The minimum absolute atomic E-state index is 0.0779. The zero-order valence-electron chi connectivity index (χ0n) is 9.17. The second kappa shape index (κ2) is 5.58. The zero-order valence-corrected chi connectivity index (χ0v) is 9.99. The Balaban J connectivity index is 2.05. The average Bonchev–Trinajstić information content (AvgIpc) is 2.11. The number of amides is 1. The number of ether oxygens (including phenoxy) is 1. The quantitative estimate of drug-likeness (QED) is 0.609. The minimum atomic E-state index is -0.859. The molecular formula is C9H18N2O3S. The van der Waals surface area contributed by atoms with Crippen molar-refractivity contribution in [2.45, 2.75) is 12.5 Å². The zero-order chi connectivity index (χ0) is 11.3. The van der Waals surface area contributed by atoms with Gasteiger partial charge in [-0.15, -0.1) is 0 Å². The summed E-state index contributed by atoms with van der Waals surface area (Å²) in [5, 5.41) is 5.74. The maximum atomic E-state index is 11.3. The Morgan fingerprint density at radius 3 is 2.73 bits per heavy atom. The first-order chi connectivity index (χ1) is 7.02. The maximum absolute atomic E-state index is 11.3. The Morgan fingerprint density at radius 1 is 1.60 bits per heavy atom. The van der Waals surface area contributed by atoms with Crippen molar-refractivity contribution < 1.29 is 13.7 Å². The maximum Gasteiger partial charge on any atom is 0.246 e. The molecule has 1 aliphatic rings. The largest absolute Gasteiger partial charge is 0.363 e. The second-order valence-electron chi connectivity index (χ2n) is 3.97. The van der Waals surface area contributed by atoms with Gasteiger partial charge in [0.15, 0.2) is 0 Å². The number of hydrogen-bond acceptors (Lipinski definition) is 4. The van der Waals surface area contributed by atoms with Crippen molar-refractivity contribution >= 4 is 16.7 Å². The van der Waals surface area contributed by atoms with Gasteiger partial charge in [-0.2, -0.15) is 0 Å². The summed E-state index contributed by atoms with van der Waals surface area (Å²) < 4.78 is 16.2. The molecule has 0 spiro atoms. The summed E-state index contributed by atoms with van der Waals surface area (Å²) >= 11 is 0. The molecule has 0 radical (unpaired) electrons. The van der Waals surface area contributed by atoms with Crippen LogP contribution in [0.4, 0.5) is 0 Å². The lowest BCUT2D eigenvalue weighted by Crippen LogP contribution is -2.59. The first-order valence-electron chi connectivity index (χ1n) is 4.93. The van der Waals surface area contributed by atoms with Gasteiger partial charge in [0.05, 0.1) is 5.60 Å². The van der Waals surface area contributed by atoms with Gasteiger partial charge in [-0.25, -0.2) is 0 Å². The van der Waals surface area contributed by atoms with Crippen LogP contribution in [0.1, 0.15) is 6.92 Å². The SMILES string of the molecule is CS(=O)CCNC(=O)COC1(C)CNC1. The molecule has 1 heterocycles. The van der Waals surface area contributed by atoms with Gasteiger partial charge >= 0.3 is 0 Å². The summed E-state index contributed by atoms with van der Waals surface area (Å²) in [7, 11) is -0.859. The number of rotatable bonds is 6. The van der Waals surface area contributed by atoms with Crippen molar-refractivity contribution in [3.63, 3.8) is 0 Å². The molecule has 1 aliphatic heterocycles. The third-order valence-electron chi connectivity index (χ3n) is 2.26. The third kappa shape index (κ3) is 4.72. The van der Waals surface area contributed by atoms with Gasteiger partial charge in [0.1, 0.15) is 6.61 Å². The molecule has 2 N–H and O–H groups in total. The van der Waals surface area contributed by atoms with Crippen LogP contribution < -0.4 is 10.6 Å². The van der Waals surface area contributed by atoms with Crippen molar-refractivity contribution in [1.82, 2.24) is 10.6 Å². The van der Waals surface area contributed by atoms with E-state index >= 15 is 0 Å². The molecule has 1 atom stereocenters. The highest BCUT2D eigenvalue weighted by Crippen LogP contribution is 2.14. The molecule has 0 bridgehead atoms. The second-order valence-corrected chi connectivity index (χ2v) is 5.52. The van der Waals surface area contributed by atoms with E-state index in [0.29, 0.717) is 12.3 Å². The predicted molar refractivity (Wildman–Crippen MR) is 59.2 cm³/mol. The predicted octanol–water partition coefficient (Wildman–Crippen LogP) is -1.14. The van der Waals surface area contributed by atoms with Gasteiger partial charge in [0.2, 0.25) is 5.91 Å². The van der Waals surface area contributed by atoms with Crippen LogP contribution in [0, 0.1) is 0 Å². The molecule has 0 aromatic rings. The number of carbonyl (C=O) groups excluding carboxylic acids is 1. The molecule has 1 rings (SSSR count). The molecule has 0 aromatic carbocycles. The average molecular weight is 234 g/mol. The van der Waals surface area contributed by atoms with Gasteiger partial charge in [-0.1, -0.05) is 0 Å². The van der Waals surface area contributed by atoms with Crippen LogP contribution in [0.25, 0.3) is 0 Å². The lowest BCUT2D eigenvalue weighted by atomic mass is 10.0. The monoisotopic (exact) mass is 234 g/mol. The van der Waals surface area contributed by atoms with Gasteiger partial charge in [-0.05, 0) is 6.92 Å². The first kappa shape index (κ1) is 12.6. The van der Waals surface area contributed by atoms with Crippen LogP contribution in [0.3, 0.4) is 0 Å². The van der Waals surface area contributed by atoms with Crippen molar-refractivity contribution in [2.75, 3.05) is 38.2 Å². The summed E-state index contributed by atoms with van der Waals surface area (Å²) in [6.45, 7) is 4.07. The smallest absolute Gasteiger partial charge is 0.246 e. The fourth-order valence-electron chi connectivity index (χ4n) is 1.20. The van der Waals surface area contributed by atoms with Crippen LogP contribution in [0.5, 0.6) is 0 Å². The minimum Gasteiger partial charge on any atom is -0.363 e. The summed E-state index contributed by atoms with van der Waals surface area (Å²) in [4.78, 5) is 11.3. The summed E-state index contributed by atoms with van der Waals surface area (Å²) in [5.74, 6) is 0.346. The topological polar surface area (TPSA) is 67.4 Å². The Labute approximate surface area is 92.4 Å².